The van der Waals surface area contributed by atoms with Crippen molar-refractivity contribution in [2.24, 2.45) is 0 Å². The lowest BCUT2D eigenvalue weighted by atomic mass is 9.95. The van der Waals surface area contributed by atoms with Gasteiger partial charge in [-0.3, -0.25) is 0 Å². The summed E-state index contributed by atoms with van der Waals surface area (Å²) < 4.78 is 25.6. The van der Waals surface area contributed by atoms with Crippen LogP contribution in [0.2, 0.25) is 0 Å². The quantitative estimate of drug-likeness (QED) is 0.699. The van der Waals surface area contributed by atoms with E-state index in [0.29, 0.717) is 5.69 Å². The smallest absolute Gasteiger partial charge is 0.240 e. The molecule has 0 aromatic heterocycles. The third-order valence-electron chi connectivity index (χ3n) is 3.60. The van der Waals surface area contributed by atoms with Crippen LogP contribution < -0.4 is 15.8 Å². The van der Waals surface area contributed by atoms with Crippen LogP contribution in [-0.2, 0) is 10.0 Å². The van der Waals surface area contributed by atoms with Crippen molar-refractivity contribution in [2.45, 2.75) is 44.0 Å². The molecule has 0 atom stereocenters. The van der Waals surface area contributed by atoms with Crippen LogP contribution in [0.5, 0.6) is 0 Å². The predicted octanol–water partition coefficient (Wildman–Crippen LogP) is 2.17. The van der Waals surface area contributed by atoms with Gasteiger partial charge < -0.3 is 11.1 Å². The number of nitrogens with two attached hydrogens (primary N) is 1. The number of benzene rings is 1. The average Bonchev–Trinajstić information content (AvgIpc) is 2.40. The van der Waals surface area contributed by atoms with Gasteiger partial charge in [0.15, 0.2) is 0 Å². The molecule has 6 heteroatoms. The van der Waals surface area contributed by atoms with Crippen LogP contribution in [0.15, 0.2) is 23.1 Å². The van der Waals surface area contributed by atoms with E-state index in [0.717, 1.165) is 18.5 Å². The summed E-state index contributed by atoms with van der Waals surface area (Å²) in [7, 11) is -2.07. The van der Waals surface area contributed by atoms with Gasteiger partial charge in [0, 0.05) is 5.54 Å². The maximum Gasteiger partial charge on any atom is 0.240 e. The van der Waals surface area contributed by atoms with Gasteiger partial charge in [-0.15, -0.1) is 0 Å². The fraction of sp³-hybridized carbons (Fsp3) is 0.538. The molecule has 0 bridgehead atoms. The second-order valence-electron chi connectivity index (χ2n) is 4.85. The van der Waals surface area contributed by atoms with Gasteiger partial charge in [0.25, 0.3) is 0 Å². The number of hydrogen-bond acceptors (Lipinski definition) is 4. The van der Waals surface area contributed by atoms with E-state index in [4.69, 9.17) is 5.73 Å². The Kier molecular flexibility index (Phi) is 4.81. The first-order valence-electron chi connectivity index (χ1n) is 6.39. The van der Waals surface area contributed by atoms with Crippen molar-refractivity contribution < 1.29 is 8.42 Å². The zero-order valence-electron chi connectivity index (χ0n) is 11.9. The van der Waals surface area contributed by atoms with Crippen molar-refractivity contribution in [1.29, 1.82) is 0 Å². The summed E-state index contributed by atoms with van der Waals surface area (Å²) in [5.41, 5.74) is 7.09. The second-order valence-corrected chi connectivity index (χ2v) is 6.74. The molecular weight excluding hydrogens is 262 g/mol. The summed E-state index contributed by atoms with van der Waals surface area (Å²) in [4.78, 5) is 0.174. The topological polar surface area (TPSA) is 84.2 Å². The van der Waals surface area contributed by atoms with E-state index in [2.05, 4.69) is 30.8 Å². The number of anilines is 2. The molecule has 0 aliphatic rings. The van der Waals surface area contributed by atoms with Gasteiger partial charge in [-0.25, -0.2) is 13.1 Å². The molecule has 4 N–H and O–H groups in total. The lowest BCUT2D eigenvalue weighted by molar-refractivity contribution is 0.479. The minimum Gasteiger partial charge on any atom is -0.397 e. The highest BCUT2D eigenvalue weighted by atomic mass is 32.2. The van der Waals surface area contributed by atoms with Gasteiger partial charge >= 0.3 is 0 Å². The van der Waals surface area contributed by atoms with E-state index in [1.54, 1.807) is 12.1 Å². The standard InChI is InChI=1S/C13H23N3O2S/c1-5-13(3,6-2)16-12-8-7-10(9-11(12)14)19(17,18)15-4/h7-9,15-16H,5-6,14H2,1-4H3. The Labute approximate surface area is 115 Å². The van der Waals surface area contributed by atoms with Crippen molar-refractivity contribution in [1.82, 2.24) is 4.72 Å². The molecule has 1 aromatic carbocycles. The molecule has 0 spiro atoms. The van der Waals surface area contributed by atoms with Crippen molar-refractivity contribution in [3.63, 3.8) is 0 Å². The van der Waals surface area contributed by atoms with E-state index in [1.807, 2.05) is 0 Å². The largest absolute Gasteiger partial charge is 0.397 e. The monoisotopic (exact) mass is 285 g/mol. The predicted molar refractivity (Wildman–Crippen MR) is 79.7 cm³/mol. The zero-order chi connectivity index (χ0) is 14.7. The Morgan fingerprint density at radius 1 is 1.26 bits per heavy atom. The molecule has 0 amide bonds. The van der Waals surface area contributed by atoms with Crippen LogP contribution in [0, 0.1) is 0 Å². The summed E-state index contributed by atoms with van der Waals surface area (Å²) in [5.74, 6) is 0. The molecule has 0 fully saturated rings. The summed E-state index contributed by atoms with van der Waals surface area (Å²) in [5, 5.41) is 3.38. The van der Waals surface area contributed by atoms with E-state index in [1.165, 1.54) is 13.1 Å². The molecule has 1 aromatic rings. The lowest BCUT2D eigenvalue weighted by Gasteiger charge is -2.30. The summed E-state index contributed by atoms with van der Waals surface area (Å²) in [6.45, 7) is 6.32. The highest BCUT2D eigenvalue weighted by molar-refractivity contribution is 7.89. The summed E-state index contributed by atoms with van der Waals surface area (Å²) in [6.07, 6.45) is 1.92. The highest BCUT2D eigenvalue weighted by Crippen LogP contribution is 2.28. The molecule has 0 aliphatic carbocycles. The lowest BCUT2D eigenvalue weighted by Crippen LogP contribution is -2.33. The molecule has 1 rings (SSSR count). The van der Waals surface area contributed by atoms with E-state index >= 15 is 0 Å². The third kappa shape index (κ3) is 3.61. The molecule has 108 valence electrons. The van der Waals surface area contributed by atoms with Crippen molar-refractivity contribution in [3.05, 3.63) is 18.2 Å². The van der Waals surface area contributed by atoms with Crippen molar-refractivity contribution >= 4 is 21.4 Å². The van der Waals surface area contributed by atoms with Gasteiger partial charge in [-0.1, -0.05) is 13.8 Å². The Morgan fingerprint density at radius 3 is 2.26 bits per heavy atom. The van der Waals surface area contributed by atoms with Crippen LogP contribution in [0.25, 0.3) is 0 Å². The third-order valence-corrected chi connectivity index (χ3v) is 5.01. The SMILES string of the molecule is CCC(C)(CC)Nc1ccc(S(=O)(=O)NC)cc1N. The number of rotatable bonds is 6. The molecule has 0 saturated carbocycles. The van der Waals surface area contributed by atoms with Crippen LogP contribution in [0.1, 0.15) is 33.6 Å². The Balaban J connectivity index is 3.09. The number of nitrogen functional groups attached to an aromatic ring is 1. The van der Waals surface area contributed by atoms with Crippen molar-refractivity contribution in [3.8, 4) is 0 Å². The minimum atomic E-state index is -3.45. The van der Waals surface area contributed by atoms with Gasteiger partial charge in [0.05, 0.1) is 16.3 Å². The Morgan fingerprint density at radius 2 is 1.84 bits per heavy atom. The first kappa shape index (κ1) is 15.8. The van der Waals surface area contributed by atoms with E-state index in [-0.39, 0.29) is 10.4 Å². The Hall–Kier alpha value is -1.27. The van der Waals surface area contributed by atoms with Crippen LogP contribution in [-0.4, -0.2) is 21.0 Å². The number of hydrogen-bond donors (Lipinski definition) is 3. The van der Waals surface area contributed by atoms with Gasteiger partial charge in [-0.2, -0.15) is 0 Å². The maximum absolute atomic E-state index is 11.7. The van der Waals surface area contributed by atoms with Gasteiger partial charge in [0.1, 0.15) is 0 Å². The molecular formula is C13H23N3O2S. The Bertz CT molecular complexity index is 537. The molecule has 0 saturated heterocycles. The first-order valence-corrected chi connectivity index (χ1v) is 7.87. The number of sulfonamides is 1. The maximum atomic E-state index is 11.7. The molecule has 5 nitrogen and oxygen atoms in total. The van der Waals surface area contributed by atoms with Gasteiger partial charge in [-0.05, 0) is 45.0 Å². The fourth-order valence-electron chi connectivity index (χ4n) is 1.69. The molecule has 0 heterocycles. The highest BCUT2D eigenvalue weighted by Gasteiger charge is 2.21. The second kappa shape index (κ2) is 5.79. The zero-order valence-corrected chi connectivity index (χ0v) is 12.8. The first-order chi connectivity index (χ1) is 8.78. The fourth-order valence-corrected chi connectivity index (χ4v) is 2.46. The molecule has 0 unspecified atom stereocenters. The van der Waals surface area contributed by atoms with Crippen molar-refractivity contribution in [2.75, 3.05) is 18.1 Å². The van der Waals surface area contributed by atoms with Gasteiger partial charge in [0.2, 0.25) is 10.0 Å². The van der Waals surface area contributed by atoms with E-state index < -0.39 is 10.0 Å². The minimum absolute atomic E-state index is 0.0441. The molecule has 0 radical (unpaired) electrons. The van der Waals surface area contributed by atoms with E-state index in [9.17, 15) is 8.42 Å². The molecule has 19 heavy (non-hydrogen) atoms. The summed E-state index contributed by atoms with van der Waals surface area (Å²) >= 11 is 0. The average molecular weight is 285 g/mol. The molecule has 0 aliphatic heterocycles. The van der Waals surface area contributed by atoms with Crippen LogP contribution in [0.3, 0.4) is 0 Å². The summed E-state index contributed by atoms with van der Waals surface area (Å²) in [6, 6.07) is 4.74. The van der Waals surface area contributed by atoms with Crippen LogP contribution >= 0.6 is 0 Å². The normalized spacial score (nSPS) is 12.4. The van der Waals surface area contributed by atoms with Crippen LogP contribution in [0.4, 0.5) is 11.4 Å². The number of nitrogens with one attached hydrogen (secondary N) is 2.